The second-order valence-electron chi connectivity index (χ2n) is 8.18. The van der Waals surface area contributed by atoms with Crippen molar-refractivity contribution in [3.05, 3.63) is 72.3 Å². The van der Waals surface area contributed by atoms with Crippen molar-refractivity contribution in [2.24, 2.45) is 0 Å². The maximum Gasteiger partial charge on any atom is 0.136 e. The summed E-state index contributed by atoms with van der Waals surface area (Å²) in [7, 11) is 0. The summed E-state index contributed by atoms with van der Waals surface area (Å²) in [4.78, 5) is 0. The van der Waals surface area contributed by atoms with Crippen LogP contribution in [0.3, 0.4) is 0 Å². The molecule has 128 valence electrons. The molecule has 1 aromatic heterocycles. The molecule has 0 aliphatic rings. The third-order valence-corrected chi connectivity index (χ3v) is 6.83. The van der Waals surface area contributed by atoms with Crippen molar-refractivity contribution >= 4 is 75.8 Å². The first-order valence-electron chi connectivity index (χ1n) is 9.79. The van der Waals surface area contributed by atoms with E-state index in [0.717, 1.165) is 11.2 Å². The fraction of sp³-hybridized carbons (Fsp3) is 0.0370. The van der Waals surface area contributed by atoms with Gasteiger partial charge in [0.2, 0.25) is 0 Å². The molecule has 8 aromatic rings. The van der Waals surface area contributed by atoms with Gasteiger partial charge >= 0.3 is 0 Å². The van der Waals surface area contributed by atoms with Gasteiger partial charge in [-0.05, 0) is 67.7 Å². The number of rotatable bonds is 0. The number of hydrogen-bond donors (Lipinski definition) is 0. The quantitative estimate of drug-likeness (QED) is 0.252. The fourth-order valence-corrected chi connectivity index (χ4v) is 5.68. The Morgan fingerprint density at radius 3 is 1.57 bits per heavy atom. The minimum atomic E-state index is 0.990. The van der Waals surface area contributed by atoms with E-state index in [1.54, 1.807) is 0 Å². The zero-order chi connectivity index (χ0) is 18.1. The second-order valence-corrected chi connectivity index (χ2v) is 8.18. The molecule has 0 saturated carbocycles. The SMILES string of the molecule is Cc1cc2oc3ccc4ccc5ccc6ccc7ccc1c1c7c6c5c4c3c21. The molecule has 8 rings (SSSR count). The smallest absolute Gasteiger partial charge is 0.136 e. The van der Waals surface area contributed by atoms with E-state index in [2.05, 4.69) is 73.7 Å². The summed E-state index contributed by atoms with van der Waals surface area (Å²) >= 11 is 0. The predicted molar refractivity (Wildman–Crippen MR) is 120 cm³/mol. The van der Waals surface area contributed by atoms with Gasteiger partial charge < -0.3 is 4.42 Å². The lowest BCUT2D eigenvalue weighted by molar-refractivity contribution is 0.669. The van der Waals surface area contributed by atoms with Crippen LogP contribution in [0.2, 0.25) is 0 Å². The minimum Gasteiger partial charge on any atom is -0.456 e. The lowest BCUT2D eigenvalue weighted by Gasteiger charge is -2.12. The highest BCUT2D eigenvalue weighted by Gasteiger charge is 2.22. The third-order valence-electron chi connectivity index (χ3n) is 6.83. The van der Waals surface area contributed by atoms with Crippen molar-refractivity contribution in [2.75, 3.05) is 0 Å². The van der Waals surface area contributed by atoms with E-state index in [9.17, 15) is 0 Å². The molecule has 0 saturated heterocycles. The van der Waals surface area contributed by atoms with Crippen LogP contribution in [0.15, 0.2) is 71.1 Å². The Morgan fingerprint density at radius 2 is 0.929 bits per heavy atom. The maximum absolute atomic E-state index is 6.39. The topological polar surface area (TPSA) is 13.1 Å². The van der Waals surface area contributed by atoms with Gasteiger partial charge in [-0.15, -0.1) is 0 Å². The molecule has 1 nitrogen and oxygen atoms in total. The summed E-state index contributed by atoms with van der Waals surface area (Å²) in [5.74, 6) is 0. The zero-order valence-corrected chi connectivity index (χ0v) is 15.3. The fourth-order valence-electron chi connectivity index (χ4n) is 5.68. The average Bonchev–Trinajstić information content (AvgIpc) is 3.02. The van der Waals surface area contributed by atoms with E-state index in [1.807, 2.05) is 0 Å². The van der Waals surface area contributed by atoms with Crippen molar-refractivity contribution in [1.29, 1.82) is 0 Å². The van der Waals surface area contributed by atoms with Crippen LogP contribution in [-0.4, -0.2) is 0 Å². The molecule has 0 aliphatic carbocycles. The molecule has 1 heteroatoms. The van der Waals surface area contributed by atoms with Crippen molar-refractivity contribution in [2.45, 2.75) is 6.92 Å². The molecule has 7 aromatic carbocycles. The van der Waals surface area contributed by atoms with E-state index in [-0.39, 0.29) is 0 Å². The summed E-state index contributed by atoms with van der Waals surface area (Å²) in [5.41, 5.74) is 3.26. The molecular formula is C27H14O. The van der Waals surface area contributed by atoms with Crippen molar-refractivity contribution < 1.29 is 4.42 Å². The normalized spacial score (nSPS) is 13.2. The van der Waals surface area contributed by atoms with E-state index in [0.29, 0.717) is 0 Å². The van der Waals surface area contributed by atoms with Crippen LogP contribution in [-0.2, 0) is 0 Å². The molecule has 0 atom stereocenters. The Morgan fingerprint density at radius 1 is 0.464 bits per heavy atom. The Balaban J connectivity index is 2.02. The third kappa shape index (κ3) is 1.29. The Bertz CT molecular complexity index is 1850. The number of benzene rings is 6. The molecule has 1 heterocycles. The van der Waals surface area contributed by atoms with Crippen LogP contribution in [0.5, 0.6) is 0 Å². The lowest BCUT2D eigenvalue weighted by Crippen LogP contribution is -1.85. The summed E-state index contributed by atoms with van der Waals surface area (Å²) in [6.45, 7) is 2.20. The van der Waals surface area contributed by atoms with Gasteiger partial charge in [-0.1, -0.05) is 54.6 Å². The molecule has 0 fully saturated rings. The standard InChI is InChI=1S/C27H14O/c1-13-12-20-27-25-18(13)10-8-16-6-4-14-2-3-15-5-7-17-9-11-19(28-20)26(27)24(17)22(15)21(14)23(16)25/h2-12H,1H3. The Kier molecular flexibility index (Phi) is 2.00. The van der Waals surface area contributed by atoms with E-state index in [4.69, 9.17) is 4.42 Å². The van der Waals surface area contributed by atoms with Gasteiger partial charge in [0, 0.05) is 21.5 Å². The highest BCUT2D eigenvalue weighted by atomic mass is 16.3. The molecular weight excluding hydrogens is 340 g/mol. The molecule has 0 aliphatic heterocycles. The minimum absolute atomic E-state index is 0.990. The summed E-state index contributed by atoms with van der Waals surface area (Å²) in [6, 6.07) is 24.7. The molecule has 0 radical (unpaired) electrons. The highest BCUT2D eigenvalue weighted by Crippen LogP contribution is 2.49. The molecule has 0 unspecified atom stereocenters. The van der Waals surface area contributed by atoms with Crippen LogP contribution >= 0.6 is 0 Å². The van der Waals surface area contributed by atoms with E-state index < -0.39 is 0 Å². The highest BCUT2D eigenvalue weighted by molar-refractivity contribution is 6.44. The summed E-state index contributed by atoms with van der Waals surface area (Å²) in [6.07, 6.45) is 0. The maximum atomic E-state index is 6.39. The van der Waals surface area contributed by atoms with Gasteiger partial charge in [0.15, 0.2) is 0 Å². The number of hydrogen-bond acceptors (Lipinski definition) is 1. The molecule has 0 N–H and O–H groups in total. The average molecular weight is 354 g/mol. The first kappa shape index (κ1) is 13.6. The van der Waals surface area contributed by atoms with Gasteiger partial charge in [0.1, 0.15) is 11.2 Å². The van der Waals surface area contributed by atoms with Crippen molar-refractivity contribution in [3.63, 3.8) is 0 Å². The monoisotopic (exact) mass is 354 g/mol. The molecule has 28 heavy (non-hydrogen) atoms. The summed E-state index contributed by atoms with van der Waals surface area (Å²) < 4.78 is 6.39. The van der Waals surface area contributed by atoms with Crippen LogP contribution in [0, 0.1) is 6.92 Å². The first-order valence-corrected chi connectivity index (χ1v) is 9.79. The van der Waals surface area contributed by atoms with Gasteiger partial charge in [-0.25, -0.2) is 0 Å². The zero-order valence-electron chi connectivity index (χ0n) is 15.3. The van der Waals surface area contributed by atoms with Crippen molar-refractivity contribution in [3.8, 4) is 0 Å². The van der Waals surface area contributed by atoms with Gasteiger partial charge in [0.25, 0.3) is 0 Å². The first-order chi connectivity index (χ1) is 13.8. The number of aryl methyl sites for hydroxylation is 1. The van der Waals surface area contributed by atoms with Crippen LogP contribution < -0.4 is 0 Å². The summed E-state index contributed by atoms with van der Waals surface area (Å²) in [5, 5.41) is 15.9. The number of furan rings is 1. The van der Waals surface area contributed by atoms with Gasteiger partial charge in [-0.2, -0.15) is 0 Å². The van der Waals surface area contributed by atoms with Crippen molar-refractivity contribution in [1.82, 2.24) is 0 Å². The lowest BCUT2D eigenvalue weighted by atomic mass is 9.91. The molecule has 0 amide bonds. The van der Waals surface area contributed by atoms with E-state index >= 15 is 0 Å². The second kappa shape index (κ2) is 4.13. The Labute approximate surface area is 159 Å². The van der Waals surface area contributed by atoms with Crippen LogP contribution in [0.25, 0.3) is 75.8 Å². The van der Waals surface area contributed by atoms with Crippen LogP contribution in [0.1, 0.15) is 5.56 Å². The van der Waals surface area contributed by atoms with Crippen LogP contribution in [0.4, 0.5) is 0 Å². The molecule has 0 bridgehead atoms. The van der Waals surface area contributed by atoms with E-state index in [1.165, 1.54) is 70.2 Å². The largest absolute Gasteiger partial charge is 0.456 e. The molecule has 0 spiro atoms. The van der Waals surface area contributed by atoms with Gasteiger partial charge in [0.05, 0.1) is 0 Å². The predicted octanol–water partition coefficient (Wildman–Crippen LogP) is 7.97. The van der Waals surface area contributed by atoms with Gasteiger partial charge in [-0.3, -0.25) is 0 Å². The Hall–Kier alpha value is -3.58.